The molecule has 0 aliphatic carbocycles. The SMILES string of the molecule is CC(C)(O)C#Cc1ccc(-c2nccn2-c2ccc(S(N)(=O)=O)cc2)cc1. The quantitative estimate of drug-likeness (QED) is 0.680. The van der Waals surface area contributed by atoms with Gasteiger partial charge in [0.15, 0.2) is 0 Å². The van der Waals surface area contributed by atoms with E-state index >= 15 is 0 Å². The number of nitrogens with two attached hydrogens (primary N) is 1. The van der Waals surface area contributed by atoms with Crippen molar-refractivity contribution in [3.05, 3.63) is 66.5 Å². The van der Waals surface area contributed by atoms with Crippen LogP contribution in [0.5, 0.6) is 0 Å². The highest BCUT2D eigenvalue weighted by Crippen LogP contribution is 2.22. The van der Waals surface area contributed by atoms with E-state index in [1.165, 1.54) is 12.1 Å². The largest absolute Gasteiger partial charge is 0.378 e. The van der Waals surface area contributed by atoms with Crippen LogP contribution in [0.1, 0.15) is 19.4 Å². The first-order valence-corrected chi connectivity index (χ1v) is 9.71. The summed E-state index contributed by atoms with van der Waals surface area (Å²) in [6.45, 7) is 3.26. The fourth-order valence-corrected chi connectivity index (χ4v) is 2.96. The molecule has 0 bridgehead atoms. The molecule has 0 atom stereocenters. The van der Waals surface area contributed by atoms with Crippen molar-refractivity contribution in [2.24, 2.45) is 5.14 Å². The van der Waals surface area contributed by atoms with E-state index < -0.39 is 15.6 Å². The predicted octanol–water partition coefficient (Wildman–Crippen LogP) is 2.31. The molecule has 6 nitrogen and oxygen atoms in total. The summed E-state index contributed by atoms with van der Waals surface area (Å²) in [5, 5.41) is 14.8. The predicted molar refractivity (Wildman–Crippen MR) is 104 cm³/mol. The first-order valence-electron chi connectivity index (χ1n) is 8.16. The molecule has 0 saturated heterocycles. The Morgan fingerprint density at radius 1 is 1.07 bits per heavy atom. The average molecular weight is 381 g/mol. The van der Waals surface area contributed by atoms with Crippen LogP contribution in [0.4, 0.5) is 0 Å². The summed E-state index contributed by atoms with van der Waals surface area (Å²) >= 11 is 0. The Morgan fingerprint density at radius 2 is 1.70 bits per heavy atom. The molecule has 0 amide bonds. The minimum atomic E-state index is -3.73. The van der Waals surface area contributed by atoms with Crippen molar-refractivity contribution >= 4 is 10.0 Å². The zero-order chi connectivity index (χ0) is 19.7. The Bertz CT molecular complexity index is 1110. The smallest absolute Gasteiger partial charge is 0.238 e. The van der Waals surface area contributed by atoms with Crippen molar-refractivity contribution in [2.45, 2.75) is 24.3 Å². The minimum absolute atomic E-state index is 0.0580. The number of hydrogen-bond donors (Lipinski definition) is 2. The maximum atomic E-state index is 11.4. The molecule has 0 aliphatic heterocycles. The van der Waals surface area contributed by atoms with Gasteiger partial charge >= 0.3 is 0 Å². The molecular weight excluding hydrogens is 362 g/mol. The molecule has 0 radical (unpaired) electrons. The van der Waals surface area contributed by atoms with Gasteiger partial charge in [-0.1, -0.05) is 24.0 Å². The van der Waals surface area contributed by atoms with Gasteiger partial charge in [-0.05, 0) is 50.2 Å². The second-order valence-corrected chi connectivity index (χ2v) is 8.11. The molecule has 1 heterocycles. The molecule has 27 heavy (non-hydrogen) atoms. The summed E-state index contributed by atoms with van der Waals surface area (Å²) in [7, 11) is -3.73. The van der Waals surface area contributed by atoms with Crippen molar-refractivity contribution < 1.29 is 13.5 Å². The van der Waals surface area contributed by atoms with E-state index in [4.69, 9.17) is 5.14 Å². The van der Waals surface area contributed by atoms with E-state index in [1.807, 2.05) is 28.8 Å². The Hall–Kier alpha value is -2.92. The topological polar surface area (TPSA) is 98.2 Å². The van der Waals surface area contributed by atoms with Crippen molar-refractivity contribution in [3.8, 4) is 28.9 Å². The molecular formula is C20H19N3O3S. The monoisotopic (exact) mass is 381 g/mol. The Morgan fingerprint density at radius 3 is 2.26 bits per heavy atom. The highest BCUT2D eigenvalue weighted by atomic mass is 32.2. The molecule has 7 heteroatoms. The van der Waals surface area contributed by atoms with Gasteiger partial charge in [0.25, 0.3) is 0 Å². The summed E-state index contributed by atoms with van der Waals surface area (Å²) in [6, 6.07) is 13.8. The standard InChI is InChI=1S/C20H19N3O3S/c1-20(2,24)12-11-15-3-5-16(6-4-15)19-22-13-14-23(19)17-7-9-18(10-8-17)27(21,25)26/h3-10,13-14,24H,1-2H3,(H2,21,25,26). The van der Waals surface area contributed by atoms with Crippen LogP contribution < -0.4 is 5.14 Å². The van der Waals surface area contributed by atoms with Crippen LogP contribution in [-0.2, 0) is 10.0 Å². The van der Waals surface area contributed by atoms with Crippen LogP contribution in [0, 0.1) is 11.8 Å². The fourth-order valence-electron chi connectivity index (χ4n) is 2.45. The third-order valence-corrected chi connectivity index (χ3v) is 4.67. The summed E-state index contributed by atoms with van der Waals surface area (Å²) in [5.74, 6) is 6.41. The first-order chi connectivity index (χ1) is 12.6. The third kappa shape index (κ3) is 4.63. The fraction of sp³-hybridized carbons (Fsp3) is 0.150. The van der Waals surface area contributed by atoms with E-state index in [2.05, 4.69) is 16.8 Å². The zero-order valence-corrected chi connectivity index (χ0v) is 15.7. The highest BCUT2D eigenvalue weighted by Gasteiger charge is 2.11. The molecule has 0 fully saturated rings. The second-order valence-electron chi connectivity index (χ2n) is 6.55. The number of primary sulfonamides is 1. The number of aromatic nitrogens is 2. The van der Waals surface area contributed by atoms with Crippen molar-refractivity contribution in [2.75, 3.05) is 0 Å². The van der Waals surface area contributed by atoms with E-state index in [0.717, 1.165) is 16.8 Å². The van der Waals surface area contributed by atoms with E-state index in [9.17, 15) is 13.5 Å². The maximum absolute atomic E-state index is 11.4. The number of benzene rings is 2. The number of rotatable bonds is 3. The number of aliphatic hydroxyl groups is 1. The van der Waals surface area contributed by atoms with E-state index in [0.29, 0.717) is 5.82 Å². The van der Waals surface area contributed by atoms with Gasteiger partial charge in [0.2, 0.25) is 10.0 Å². The first kappa shape index (κ1) is 18.9. The van der Waals surface area contributed by atoms with Crippen LogP contribution in [0.3, 0.4) is 0 Å². The van der Waals surface area contributed by atoms with Gasteiger partial charge in [0.05, 0.1) is 4.90 Å². The number of sulfonamides is 1. The summed E-state index contributed by atoms with van der Waals surface area (Å²) < 4.78 is 24.6. The Labute approximate surface area is 158 Å². The number of nitrogens with zero attached hydrogens (tertiary/aromatic N) is 2. The Balaban J connectivity index is 1.92. The normalized spacial score (nSPS) is 11.7. The van der Waals surface area contributed by atoms with Gasteiger partial charge in [-0.3, -0.25) is 4.57 Å². The lowest BCUT2D eigenvalue weighted by atomic mass is 10.1. The maximum Gasteiger partial charge on any atom is 0.238 e. The summed E-state index contributed by atoms with van der Waals surface area (Å²) in [5.41, 5.74) is 1.39. The average Bonchev–Trinajstić information content (AvgIpc) is 3.09. The summed E-state index contributed by atoms with van der Waals surface area (Å²) in [4.78, 5) is 4.45. The number of imidazole rings is 1. The molecule has 1 aromatic heterocycles. The van der Waals surface area contributed by atoms with Crippen LogP contribution in [0.2, 0.25) is 0 Å². The Kier molecular flexibility index (Phi) is 4.89. The molecule has 2 aromatic carbocycles. The van der Waals surface area contributed by atoms with E-state index in [1.54, 1.807) is 38.4 Å². The molecule has 3 N–H and O–H groups in total. The van der Waals surface area contributed by atoms with Crippen LogP contribution in [0.15, 0.2) is 65.8 Å². The molecule has 3 rings (SSSR count). The van der Waals surface area contributed by atoms with Crippen LogP contribution in [0.25, 0.3) is 17.1 Å². The minimum Gasteiger partial charge on any atom is -0.378 e. The third-order valence-electron chi connectivity index (χ3n) is 3.74. The zero-order valence-electron chi connectivity index (χ0n) is 14.9. The van der Waals surface area contributed by atoms with Gasteiger partial charge in [-0.15, -0.1) is 0 Å². The van der Waals surface area contributed by atoms with E-state index in [-0.39, 0.29) is 4.90 Å². The molecule has 0 saturated carbocycles. The van der Waals surface area contributed by atoms with Crippen LogP contribution >= 0.6 is 0 Å². The van der Waals surface area contributed by atoms with Crippen LogP contribution in [-0.4, -0.2) is 28.7 Å². The number of hydrogen-bond acceptors (Lipinski definition) is 4. The molecule has 0 unspecified atom stereocenters. The molecule has 3 aromatic rings. The van der Waals surface area contributed by atoms with Gasteiger partial charge < -0.3 is 5.11 Å². The summed E-state index contributed by atoms with van der Waals surface area (Å²) in [6.07, 6.45) is 3.47. The lowest BCUT2D eigenvalue weighted by Crippen LogP contribution is -2.14. The second kappa shape index (κ2) is 7.00. The van der Waals surface area contributed by atoms with Crippen molar-refractivity contribution in [1.82, 2.24) is 9.55 Å². The molecule has 138 valence electrons. The molecule has 0 aliphatic rings. The highest BCUT2D eigenvalue weighted by molar-refractivity contribution is 7.89. The molecule has 0 spiro atoms. The lowest BCUT2D eigenvalue weighted by Gasteiger charge is -2.09. The van der Waals surface area contributed by atoms with Gasteiger partial charge in [0, 0.05) is 29.2 Å². The van der Waals surface area contributed by atoms with Gasteiger partial charge in [0.1, 0.15) is 11.4 Å². The van der Waals surface area contributed by atoms with Gasteiger partial charge in [-0.25, -0.2) is 18.5 Å². The van der Waals surface area contributed by atoms with Gasteiger partial charge in [-0.2, -0.15) is 0 Å². The lowest BCUT2D eigenvalue weighted by molar-refractivity contribution is 0.143. The van der Waals surface area contributed by atoms with Crippen molar-refractivity contribution in [3.63, 3.8) is 0 Å². The van der Waals surface area contributed by atoms with Crippen molar-refractivity contribution in [1.29, 1.82) is 0 Å².